The lowest BCUT2D eigenvalue weighted by Crippen LogP contribution is -2.28. The van der Waals surface area contributed by atoms with E-state index in [0.717, 1.165) is 0 Å². The second-order valence-electron chi connectivity index (χ2n) is 6.59. The zero-order chi connectivity index (χ0) is 21.1. The van der Waals surface area contributed by atoms with Crippen molar-refractivity contribution in [3.05, 3.63) is 106 Å². The quantitative estimate of drug-likeness (QED) is 0.419. The maximum Gasteiger partial charge on any atom is 0.292 e. The van der Waals surface area contributed by atoms with Crippen molar-refractivity contribution in [2.75, 3.05) is 0 Å². The van der Waals surface area contributed by atoms with E-state index in [2.05, 4.69) is 15.6 Å². The van der Waals surface area contributed by atoms with E-state index in [0.29, 0.717) is 27.7 Å². The maximum atomic E-state index is 13.1. The Kier molecular flexibility index (Phi) is 5.17. The highest BCUT2D eigenvalue weighted by atomic mass is 19.1. The van der Waals surface area contributed by atoms with Crippen LogP contribution in [0.4, 0.5) is 4.39 Å². The van der Waals surface area contributed by atoms with Gasteiger partial charge in [-0.05, 0) is 42.8 Å². The van der Waals surface area contributed by atoms with E-state index < -0.39 is 5.91 Å². The van der Waals surface area contributed by atoms with Gasteiger partial charge in [-0.3, -0.25) is 9.59 Å². The molecule has 0 aliphatic heterocycles. The zero-order valence-corrected chi connectivity index (χ0v) is 16.0. The van der Waals surface area contributed by atoms with Crippen LogP contribution in [0.15, 0.2) is 88.8 Å². The van der Waals surface area contributed by atoms with E-state index in [-0.39, 0.29) is 17.1 Å². The number of nitrogens with zero attached hydrogens (tertiary/aromatic N) is 3. The Balaban J connectivity index is 1.75. The molecule has 0 radical (unpaired) electrons. The van der Waals surface area contributed by atoms with Gasteiger partial charge in [0, 0.05) is 5.39 Å². The standard InChI is InChI=1S/C23H17FN4O2/c1-15(16-11-13-17(24)14-12-16)25-26-22(29)21-19-9-5-6-10-20(19)23(30)28(27-21)18-7-3-2-4-8-18/h2-14H,1H3,(H,26,29)/b25-15-. The smallest absolute Gasteiger partial charge is 0.267 e. The average molecular weight is 400 g/mol. The lowest BCUT2D eigenvalue weighted by molar-refractivity contribution is 0.0950. The van der Waals surface area contributed by atoms with Crippen LogP contribution in [-0.4, -0.2) is 21.4 Å². The van der Waals surface area contributed by atoms with Crippen LogP contribution in [-0.2, 0) is 0 Å². The highest BCUT2D eigenvalue weighted by molar-refractivity contribution is 6.06. The second kappa shape index (κ2) is 8.08. The van der Waals surface area contributed by atoms with Crippen molar-refractivity contribution < 1.29 is 9.18 Å². The summed E-state index contributed by atoms with van der Waals surface area (Å²) in [5.74, 6) is -0.910. The number of amides is 1. The molecule has 0 saturated carbocycles. The van der Waals surface area contributed by atoms with Crippen LogP contribution < -0.4 is 11.0 Å². The largest absolute Gasteiger partial charge is 0.292 e. The predicted molar refractivity (Wildman–Crippen MR) is 113 cm³/mol. The van der Waals surface area contributed by atoms with Crippen molar-refractivity contribution in [3.63, 3.8) is 0 Å². The second-order valence-corrected chi connectivity index (χ2v) is 6.59. The number of halogens is 1. The Morgan fingerprint density at radius 1 is 0.933 bits per heavy atom. The van der Waals surface area contributed by atoms with Gasteiger partial charge in [0.25, 0.3) is 11.5 Å². The number of hydrogen-bond donors (Lipinski definition) is 1. The molecule has 6 nitrogen and oxygen atoms in total. The van der Waals surface area contributed by atoms with Crippen LogP contribution in [0.25, 0.3) is 16.5 Å². The van der Waals surface area contributed by atoms with Crippen molar-refractivity contribution in [3.8, 4) is 5.69 Å². The topological polar surface area (TPSA) is 76.3 Å². The summed E-state index contributed by atoms with van der Waals surface area (Å²) in [6.07, 6.45) is 0. The van der Waals surface area contributed by atoms with Crippen LogP contribution in [0.5, 0.6) is 0 Å². The molecular weight excluding hydrogens is 383 g/mol. The third-order valence-electron chi connectivity index (χ3n) is 4.61. The first-order chi connectivity index (χ1) is 14.5. The molecule has 1 amide bonds. The summed E-state index contributed by atoms with van der Waals surface area (Å²) in [6, 6.07) is 21.5. The fourth-order valence-corrected chi connectivity index (χ4v) is 3.04. The summed E-state index contributed by atoms with van der Waals surface area (Å²) in [4.78, 5) is 25.8. The van der Waals surface area contributed by atoms with E-state index >= 15 is 0 Å². The maximum absolute atomic E-state index is 13.1. The Bertz CT molecular complexity index is 1310. The molecule has 0 aliphatic carbocycles. The van der Waals surface area contributed by atoms with Crippen molar-refractivity contribution >= 4 is 22.4 Å². The van der Waals surface area contributed by atoms with Crippen LogP contribution in [0.2, 0.25) is 0 Å². The van der Waals surface area contributed by atoms with Crippen LogP contribution in [0.3, 0.4) is 0 Å². The third kappa shape index (κ3) is 3.73. The zero-order valence-electron chi connectivity index (χ0n) is 16.0. The van der Waals surface area contributed by atoms with Crippen LogP contribution in [0, 0.1) is 5.82 Å². The van der Waals surface area contributed by atoms with Gasteiger partial charge in [-0.25, -0.2) is 9.82 Å². The number of carbonyl (C=O) groups is 1. The van der Waals surface area contributed by atoms with Gasteiger partial charge in [-0.1, -0.05) is 48.5 Å². The number of fused-ring (bicyclic) bond motifs is 1. The summed E-state index contributed by atoms with van der Waals surface area (Å²) in [5.41, 5.74) is 3.96. The SMILES string of the molecule is C/C(=N/NC(=O)c1nn(-c2ccccc2)c(=O)c2ccccc12)c1ccc(F)cc1. The Morgan fingerprint density at radius 2 is 1.57 bits per heavy atom. The van der Waals surface area contributed by atoms with Crippen LogP contribution in [0.1, 0.15) is 23.0 Å². The number of hydrazone groups is 1. The first-order valence-corrected chi connectivity index (χ1v) is 9.22. The minimum atomic E-state index is -0.558. The van der Waals surface area contributed by atoms with Gasteiger partial charge < -0.3 is 0 Å². The molecule has 0 fully saturated rings. The molecule has 3 aromatic carbocycles. The number of nitrogens with one attached hydrogen (secondary N) is 1. The number of hydrogen-bond acceptors (Lipinski definition) is 4. The van der Waals surface area contributed by atoms with Gasteiger partial charge in [0.1, 0.15) is 5.82 Å². The predicted octanol–water partition coefficient (Wildman–Crippen LogP) is 3.68. The number of rotatable bonds is 4. The highest BCUT2D eigenvalue weighted by Gasteiger charge is 2.17. The number of benzene rings is 3. The third-order valence-corrected chi connectivity index (χ3v) is 4.61. The first-order valence-electron chi connectivity index (χ1n) is 9.22. The normalized spacial score (nSPS) is 11.5. The highest BCUT2D eigenvalue weighted by Crippen LogP contribution is 2.15. The molecular formula is C23H17FN4O2. The molecule has 148 valence electrons. The molecule has 0 aliphatic rings. The lowest BCUT2D eigenvalue weighted by atomic mass is 10.1. The molecule has 1 N–H and O–H groups in total. The molecule has 4 rings (SSSR count). The number of aromatic nitrogens is 2. The van der Waals surface area contributed by atoms with E-state index in [1.165, 1.54) is 16.8 Å². The molecule has 30 heavy (non-hydrogen) atoms. The summed E-state index contributed by atoms with van der Waals surface area (Å²) < 4.78 is 14.3. The van der Waals surface area contributed by atoms with E-state index in [1.54, 1.807) is 67.6 Å². The van der Waals surface area contributed by atoms with E-state index in [4.69, 9.17) is 0 Å². The monoisotopic (exact) mass is 400 g/mol. The molecule has 0 saturated heterocycles. The molecule has 4 aromatic rings. The van der Waals surface area contributed by atoms with Gasteiger partial charge in [-0.2, -0.15) is 14.9 Å². The van der Waals surface area contributed by atoms with Crippen molar-refractivity contribution in [2.45, 2.75) is 6.92 Å². The van der Waals surface area contributed by atoms with E-state index in [9.17, 15) is 14.0 Å². The van der Waals surface area contributed by atoms with Crippen LogP contribution >= 0.6 is 0 Å². The van der Waals surface area contributed by atoms with Crippen molar-refractivity contribution in [1.29, 1.82) is 0 Å². The summed E-state index contributed by atoms with van der Waals surface area (Å²) in [6.45, 7) is 1.70. The molecule has 0 bridgehead atoms. The minimum Gasteiger partial charge on any atom is -0.267 e. The van der Waals surface area contributed by atoms with Gasteiger partial charge in [-0.15, -0.1) is 0 Å². The molecule has 1 heterocycles. The van der Waals surface area contributed by atoms with Gasteiger partial charge in [0.2, 0.25) is 0 Å². The molecule has 0 spiro atoms. The molecule has 0 unspecified atom stereocenters. The number of para-hydroxylation sites is 1. The van der Waals surface area contributed by atoms with Crippen molar-refractivity contribution in [1.82, 2.24) is 15.2 Å². The summed E-state index contributed by atoms with van der Waals surface area (Å²) in [7, 11) is 0. The summed E-state index contributed by atoms with van der Waals surface area (Å²) in [5, 5.41) is 9.21. The lowest BCUT2D eigenvalue weighted by Gasteiger charge is -2.10. The van der Waals surface area contributed by atoms with E-state index in [1.807, 2.05) is 6.07 Å². The first kappa shape index (κ1) is 19.2. The minimum absolute atomic E-state index is 0.0738. The summed E-state index contributed by atoms with van der Waals surface area (Å²) >= 11 is 0. The Labute approximate surface area is 171 Å². The van der Waals surface area contributed by atoms with Gasteiger partial charge >= 0.3 is 0 Å². The average Bonchev–Trinajstić information content (AvgIpc) is 2.79. The van der Waals surface area contributed by atoms with Gasteiger partial charge in [0.15, 0.2) is 5.69 Å². The fourth-order valence-electron chi connectivity index (χ4n) is 3.04. The van der Waals surface area contributed by atoms with Gasteiger partial charge in [0.05, 0.1) is 16.8 Å². The van der Waals surface area contributed by atoms with Crippen molar-refractivity contribution in [2.24, 2.45) is 5.10 Å². The molecule has 7 heteroatoms. The molecule has 1 aromatic heterocycles. The number of carbonyl (C=O) groups excluding carboxylic acids is 1. The molecule has 0 atom stereocenters. The Hall–Kier alpha value is -4.13. The fraction of sp³-hybridized carbons (Fsp3) is 0.0435. The Morgan fingerprint density at radius 3 is 2.27 bits per heavy atom.